The van der Waals surface area contributed by atoms with Gasteiger partial charge >= 0.3 is 6.09 Å². The van der Waals surface area contributed by atoms with E-state index in [4.69, 9.17) is 10.5 Å². The molecule has 0 spiro atoms. The molecule has 1 aliphatic heterocycles. The number of aliphatic hydroxyl groups excluding tert-OH is 1. The van der Waals surface area contributed by atoms with Crippen molar-refractivity contribution in [2.45, 2.75) is 109 Å². The first kappa shape index (κ1) is 28.0. The zero-order valence-corrected chi connectivity index (χ0v) is 23.3. The Hall–Kier alpha value is -1.05. The van der Waals surface area contributed by atoms with E-state index >= 15 is 0 Å². The third kappa shape index (κ3) is 4.45. The van der Waals surface area contributed by atoms with Crippen LogP contribution < -0.4 is 11.1 Å². The van der Waals surface area contributed by atoms with Gasteiger partial charge in [-0.2, -0.15) is 0 Å². The van der Waals surface area contributed by atoms with Crippen molar-refractivity contribution in [3.63, 3.8) is 0 Å². The van der Waals surface area contributed by atoms with Crippen molar-refractivity contribution < 1.29 is 19.4 Å². The van der Waals surface area contributed by atoms with Crippen LogP contribution >= 0.6 is 12.4 Å². The largest absolute Gasteiger partial charge is 0.446 e. The van der Waals surface area contributed by atoms with Crippen molar-refractivity contribution in [2.75, 3.05) is 20.1 Å². The lowest BCUT2D eigenvalue weighted by atomic mass is 9.42. The highest BCUT2D eigenvalue weighted by Crippen LogP contribution is 2.68. The first-order valence-electron chi connectivity index (χ1n) is 14.2. The number of carbonyl (C=O) groups is 2. The Morgan fingerprint density at radius 3 is 2.56 bits per heavy atom. The molecule has 36 heavy (non-hydrogen) atoms. The van der Waals surface area contributed by atoms with Crippen molar-refractivity contribution in [3.8, 4) is 0 Å². The lowest BCUT2D eigenvalue weighted by Crippen LogP contribution is -2.66. The molecular weight excluding hydrogens is 478 g/mol. The van der Waals surface area contributed by atoms with E-state index in [2.05, 4.69) is 19.2 Å². The second-order valence-electron chi connectivity index (χ2n) is 13.1. The number of fused-ring (bicyclic) bond motifs is 5. The number of nitrogens with zero attached hydrogens (tertiary/aromatic N) is 1. The summed E-state index contributed by atoms with van der Waals surface area (Å²) in [6, 6.07) is 0. The summed E-state index contributed by atoms with van der Waals surface area (Å²) in [5.74, 6) is 2.23. The number of nitrogens with two attached hydrogens (primary N) is 1. The molecule has 1 unspecified atom stereocenters. The van der Waals surface area contributed by atoms with Crippen LogP contribution in [-0.4, -0.2) is 59.9 Å². The van der Waals surface area contributed by atoms with Gasteiger partial charge in [0.05, 0.1) is 6.10 Å². The van der Waals surface area contributed by atoms with Crippen LogP contribution in [0.25, 0.3) is 0 Å². The van der Waals surface area contributed by atoms with Crippen molar-refractivity contribution in [2.24, 2.45) is 40.2 Å². The third-order valence-electron chi connectivity index (χ3n) is 11.8. The van der Waals surface area contributed by atoms with Crippen LogP contribution in [0.2, 0.25) is 0 Å². The maximum atomic E-state index is 12.8. The summed E-state index contributed by atoms with van der Waals surface area (Å²) in [6.07, 6.45) is 11.2. The molecule has 5 rings (SSSR count). The summed E-state index contributed by atoms with van der Waals surface area (Å²) in [7, 11) is 1.73. The number of ether oxygens (including phenoxy) is 1. The van der Waals surface area contributed by atoms with Crippen LogP contribution in [0.4, 0.5) is 4.79 Å². The number of aliphatic hydroxyl groups is 1. The van der Waals surface area contributed by atoms with Crippen LogP contribution in [0, 0.1) is 34.5 Å². The average molecular weight is 526 g/mol. The van der Waals surface area contributed by atoms with Crippen LogP contribution in [-0.2, 0) is 9.53 Å². The molecule has 206 valence electrons. The number of halogens is 1. The summed E-state index contributed by atoms with van der Waals surface area (Å²) in [5, 5.41) is 12.8. The molecule has 9 atom stereocenters. The number of likely N-dealkylation sites (tertiary alicyclic amines) is 1. The quantitative estimate of drug-likeness (QED) is 0.511. The molecule has 4 aliphatic carbocycles. The summed E-state index contributed by atoms with van der Waals surface area (Å²) >= 11 is 0. The fourth-order valence-corrected chi connectivity index (χ4v) is 9.50. The van der Waals surface area contributed by atoms with Gasteiger partial charge in [-0.25, -0.2) is 4.79 Å². The highest BCUT2D eigenvalue weighted by Gasteiger charge is 2.66. The fraction of sp³-hybridized carbons (Fsp3) is 0.929. The minimum Gasteiger partial charge on any atom is -0.446 e. The van der Waals surface area contributed by atoms with Crippen molar-refractivity contribution >= 4 is 24.4 Å². The maximum absolute atomic E-state index is 12.8. The van der Waals surface area contributed by atoms with E-state index in [0.717, 1.165) is 64.2 Å². The molecule has 2 amide bonds. The predicted octanol–water partition coefficient (Wildman–Crippen LogP) is 4.25. The summed E-state index contributed by atoms with van der Waals surface area (Å²) in [4.78, 5) is 26.7. The molecule has 4 saturated carbocycles. The van der Waals surface area contributed by atoms with Crippen molar-refractivity contribution in [3.05, 3.63) is 0 Å². The minimum atomic E-state index is -0.423. The zero-order valence-electron chi connectivity index (χ0n) is 22.5. The van der Waals surface area contributed by atoms with Crippen LogP contribution in [0.5, 0.6) is 0 Å². The van der Waals surface area contributed by atoms with Gasteiger partial charge in [0.25, 0.3) is 0 Å². The van der Waals surface area contributed by atoms with E-state index in [9.17, 15) is 14.7 Å². The van der Waals surface area contributed by atoms with Gasteiger partial charge in [0.1, 0.15) is 6.10 Å². The smallest absolute Gasteiger partial charge is 0.410 e. The van der Waals surface area contributed by atoms with Gasteiger partial charge in [0.15, 0.2) is 0 Å². The summed E-state index contributed by atoms with van der Waals surface area (Å²) < 4.78 is 5.99. The second kappa shape index (κ2) is 10.3. The Kier molecular flexibility index (Phi) is 7.97. The number of nitrogens with one attached hydrogen (secondary N) is 1. The minimum absolute atomic E-state index is 0. The Bertz CT molecular complexity index is 844. The SMILES string of the molecule is CNC(=O)C[C@H]1CC[C@]2(N)[C@@H]3CC[C@@H]4C[C@@H](OC(=O)N5CCCC(O)C5)CC[C@]4(C)[C@H]3CC[C@]12C.Cl. The first-order chi connectivity index (χ1) is 16.6. The number of β-amino-alcohol motifs (C(OH)–C–C–N with tert-alkyl or cyclic N) is 1. The van der Waals surface area contributed by atoms with Crippen molar-refractivity contribution in [1.82, 2.24) is 10.2 Å². The number of hydrogen-bond donors (Lipinski definition) is 3. The lowest BCUT2D eigenvalue weighted by molar-refractivity contribution is -0.140. The second-order valence-corrected chi connectivity index (χ2v) is 13.1. The van der Waals surface area contributed by atoms with Gasteiger partial charge < -0.3 is 25.8 Å². The normalized spacial score (nSPS) is 46.0. The van der Waals surface area contributed by atoms with Crippen molar-refractivity contribution in [1.29, 1.82) is 0 Å². The van der Waals surface area contributed by atoms with Crippen LogP contribution in [0.1, 0.15) is 90.9 Å². The standard InChI is InChI=1S/C28H47N3O4.ClH/c1-26-11-9-21(35-25(34)31-14-4-5-20(32)17-31)15-18(26)6-7-23-22(26)10-12-27(2)19(16-24(33)30-3)8-13-28(23,27)29;/h18-23,32H,4-17,29H2,1-3H3,(H,30,33);1H/t18-,19-,20?,21+,22+,23-,26+,27-,28+;/m1./s1. The van der Waals surface area contributed by atoms with E-state index < -0.39 is 6.10 Å². The monoisotopic (exact) mass is 525 g/mol. The molecule has 5 aliphatic rings. The molecule has 7 nitrogen and oxygen atoms in total. The molecule has 1 heterocycles. The highest BCUT2D eigenvalue weighted by atomic mass is 35.5. The topological polar surface area (TPSA) is 105 Å². The molecular formula is C28H48ClN3O4. The van der Waals surface area contributed by atoms with Gasteiger partial charge in [-0.05, 0) is 105 Å². The van der Waals surface area contributed by atoms with Crippen LogP contribution in [0.15, 0.2) is 0 Å². The molecule has 1 saturated heterocycles. The number of amides is 2. The number of carbonyl (C=O) groups excluding carboxylic acids is 2. The lowest BCUT2D eigenvalue weighted by Gasteiger charge is -2.64. The average Bonchev–Trinajstić information content (AvgIpc) is 3.09. The molecule has 4 N–H and O–H groups in total. The zero-order chi connectivity index (χ0) is 25.0. The fourth-order valence-electron chi connectivity index (χ4n) is 9.50. The van der Waals surface area contributed by atoms with Gasteiger partial charge in [-0.3, -0.25) is 4.79 Å². The van der Waals surface area contributed by atoms with Crippen LogP contribution in [0.3, 0.4) is 0 Å². The van der Waals surface area contributed by atoms with Gasteiger partial charge in [0.2, 0.25) is 5.91 Å². The van der Waals surface area contributed by atoms with E-state index in [-0.39, 0.29) is 46.9 Å². The Labute approximate surface area is 223 Å². The first-order valence-corrected chi connectivity index (χ1v) is 14.2. The van der Waals surface area contributed by atoms with Gasteiger partial charge in [-0.15, -0.1) is 12.4 Å². The molecule has 0 radical (unpaired) electrons. The van der Waals surface area contributed by atoms with E-state index in [1.807, 2.05) is 0 Å². The van der Waals surface area contributed by atoms with E-state index in [1.54, 1.807) is 11.9 Å². The highest BCUT2D eigenvalue weighted by molar-refractivity contribution is 5.85. The van der Waals surface area contributed by atoms with Gasteiger partial charge in [0, 0.05) is 32.1 Å². The molecule has 5 fully saturated rings. The number of hydrogen-bond acceptors (Lipinski definition) is 5. The molecule has 0 aromatic heterocycles. The Morgan fingerprint density at radius 2 is 1.83 bits per heavy atom. The van der Waals surface area contributed by atoms with E-state index in [0.29, 0.717) is 43.2 Å². The summed E-state index contributed by atoms with van der Waals surface area (Å²) in [6.45, 7) is 5.96. The Balaban J connectivity index is 0.00000304. The number of rotatable bonds is 3. The Morgan fingerprint density at radius 1 is 1.06 bits per heavy atom. The predicted molar refractivity (Wildman–Crippen MR) is 142 cm³/mol. The summed E-state index contributed by atoms with van der Waals surface area (Å²) in [5.41, 5.74) is 7.51. The maximum Gasteiger partial charge on any atom is 0.410 e. The number of piperidine rings is 1. The molecule has 0 aromatic rings. The third-order valence-corrected chi connectivity index (χ3v) is 11.8. The molecule has 8 heteroatoms. The molecule has 0 bridgehead atoms. The molecule has 0 aromatic carbocycles. The van der Waals surface area contributed by atoms with E-state index in [1.165, 1.54) is 6.42 Å². The van der Waals surface area contributed by atoms with Gasteiger partial charge in [-0.1, -0.05) is 13.8 Å².